The van der Waals surface area contributed by atoms with E-state index in [1.165, 1.54) is 36.4 Å². The van der Waals surface area contributed by atoms with Crippen LogP contribution in [0.1, 0.15) is 69.8 Å². The van der Waals surface area contributed by atoms with E-state index in [9.17, 15) is 38.9 Å². The van der Waals surface area contributed by atoms with Crippen LogP contribution < -0.4 is 26.4 Å². The van der Waals surface area contributed by atoms with Gasteiger partial charge in [0, 0.05) is 42.9 Å². The third kappa shape index (κ3) is 12.0. The van der Waals surface area contributed by atoms with E-state index in [4.69, 9.17) is 15.2 Å². The Kier molecular flexibility index (Phi) is 14.8. The number of hydrogen-bond donors (Lipinski definition) is 4. The SMILES string of the molecule is NCCC[C@H](NC(=O)[C@@H](NC(=O)CCCCCN1C(=O)C=CC1=O)C1CCCC1)C(=O)Nc1ccc(COC(=O)Oc2ccc([N+](=O)[O-])cc2)cc1. The Morgan fingerprint density at radius 2 is 1.56 bits per heavy atom. The van der Waals surface area contributed by atoms with Crippen molar-refractivity contribution in [3.63, 3.8) is 0 Å². The van der Waals surface area contributed by atoms with Gasteiger partial charge in [-0.1, -0.05) is 31.4 Å². The van der Waals surface area contributed by atoms with Crippen molar-refractivity contribution in [1.29, 1.82) is 0 Å². The van der Waals surface area contributed by atoms with E-state index in [-0.39, 0.29) is 61.1 Å². The number of unbranched alkanes of at least 4 members (excludes halogenated alkanes) is 2. The Morgan fingerprint density at radius 3 is 2.19 bits per heavy atom. The number of nitrogens with one attached hydrogen (secondary N) is 3. The second-order valence-electron chi connectivity index (χ2n) is 12.6. The molecule has 1 aliphatic heterocycles. The van der Waals surface area contributed by atoms with E-state index < -0.39 is 35.0 Å². The maximum Gasteiger partial charge on any atom is 0.514 e. The molecule has 0 saturated heterocycles. The molecule has 0 unspecified atom stereocenters. The second-order valence-corrected chi connectivity index (χ2v) is 12.6. The number of benzene rings is 2. The number of carbonyl (C=O) groups is 6. The maximum atomic E-state index is 13.6. The Bertz CT molecular complexity index is 1600. The first-order valence-electron chi connectivity index (χ1n) is 17.4. The van der Waals surface area contributed by atoms with Crippen LogP contribution in [0.5, 0.6) is 5.75 Å². The molecule has 5 amide bonds. The number of nitrogens with zero attached hydrogens (tertiary/aromatic N) is 2. The molecule has 16 nitrogen and oxygen atoms in total. The molecule has 2 aromatic carbocycles. The lowest BCUT2D eigenvalue weighted by molar-refractivity contribution is -0.384. The molecule has 2 aromatic rings. The van der Waals surface area contributed by atoms with Crippen LogP contribution in [0.15, 0.2) is 60.7 Å². The van der Waals surface area contributed by atoms with Gasteiger partial charge >= 0.3 is 6.16 Å². The lowest BCUT2D eigenvalue weighted by atomic mass is 9.96. The highest BCUT2D eigenvalue weighted by Crippen LogP contribution is 2.28. The molecule has 0 spiro atoms. The van der Waals surface area contributed by atoms with E-state index in [1.54, 1.807) is 24.3 Å². The molecule has 0 bridgehead atoms. The summed E-state index contributed by atoms with van der Waals surface area (Å²) >= 11 is 0. The number of amides is 5. The predicted molar refractivity (Wildman–Crippen MR) is 187 cm³/mol. The van der Waals surface area contributed by atoms with Gasteiger partial charge < -0.3 is 31.2 Å². The number of ether oxygens (including phenoxy) is 2. The first-order chi connectivity index (χ1) is 25.0. The zero-order valence-corrected chi connectivity index (χ0v) is 28.8. The van der Waals surface area contributed by atoms with Crippen LogP contribution in [-0.4, -0.2) is 70.7 Å². The largest absolute Gasteiger partial charge is 0.514 e. The van der Waals surface area contributed by atoms with Crippen molar-refractivity contribution in [2.24, 2.45) is 11.7 Å². The van der Waals surface area contributed by atoms with E-state index in [1.807, 2.05) is 0 Å². The number of nitrogens with two attached hydrogens (primary N) is 1. The van der Waals surface area contributed by atoms with Crippen molar-refractivity contribution in [3.8, 4) is 5.75 Å². The summed E-state index contributed by atoms with van der Waals surface area (Å²) in [5.41, 5.74) is 6.60. The lowest BCUT2D eigenvalue weighted by Gasteiger charge is -2.27. The number of carbonyl (C=O) groups excluding carboxylic acids is 6. The fourth-order valence-corrected chi connectivity index (χ4v) is 5.99. The highest BCUT2D eigenvalue weighted by Gasteiger charge is 2.34. The normalized spacial score (nSPS) is 15.2. The monoisotopic (exact) mass is 720 g/mol. The number of nitro groups is 1. The molecule has 278 valence electrons. The van der Waals surface area contributed by atoms with Gasteiger partial charge in [0.1, 0.15) is 24.4 Å². The van der Waals surface area contributed by atoms with Crippen LogP contribution in [0.3, 0.4) is 0 Å². The number of non-ortho nitro benzene ring substituents is 1. The molecule has 16 heteroatoms. The Morgan fingerprint density at radius 1 is 0.885 bits per heavy atom. The summed E-state index contributed by atoms with van der Waals surface area (Å²) in [7, 11) is 0. The van der Waals surface area contributed by atoms with Crippen molar-refractivity contribution in [2.45, 2.75) is 82.9 Å². The minimum absolute atomic E-state index is 0.0666. The molecule has 1 heterocycles. The molecule has 0 aromatic heterocycles. The third-order valence-corrected chi connectivity index (χ3v) is 8.81. The number of imide groups is 1. The van der Waals surface area contributed by atoms with Crippen LogP contribution in [0.2, 0.25) is 0 Å². The first kappa shape index (κ1) is 39.2. The molecule has 2 atom stereocenters. The van der Waals surface area contributed by atoms with Crippen LogP contribution >= 0.6 is 0 Å². The van der Waals surface area contributed by atoms with Crippen molar-refractivity contribution in [1.82, 2.24) is 15.5 Å². The highest BCUT2D eigenvalue weighted by molar-refractivity contribution is 6.12. The smallest absolute Gasteiger partial charge is 0.429 e. The van der Waals surface area contributed by atoms with E-state index >= 15 is 0 Å². The molecular weight excluding hydrogens is 676 g/mol. The molecule has 1 aliphatic carbocycles. The van der Waals surface area contributed by atoms with E-state index in [0.717, 1.165) is 30.6 Å². The van der Waals surface area contributed by atoms with Gasteiger partial charge in [0.25, 0.3) is 17.5 Å². The zero-order valence-electron chi connectivity index (χ0n) is 28.8. The Hall–Kier alpha value is -5.64. The standard InChI is InChI=1S/C36H44N6O10/c37-21-6-9-29(34(46)38-26-13-11-24(12-14-26)23-51-36(48)52-28-17-15-27(16-18-28)42(49)50)39-35(47)33(25-7-3-4-8-25)40-30(43)10-2-1-5-22-41-31(44)19-20-32(41)45/h11-20,25,29,33H,1-10,21-23,37H2,(H,38,46)(H,39,47)(H,40,43)/t29-,33-/m0/s1. The van der Waals surface area contributed by atoms with Gasteiger partial charge in [-0.25, -0.2) is 4.79 Å². The van der Waals surface area contributed by atoms with Gasteiger partial charge in [-0.2, -0.15) is 0 Å². The van der Waals surface area contributed by atoms with Gasteiger partial charge in [-0.05, 0) is 80.8 Å². The summed E-state index contributed by atoms with van der Waals surface area (Å²) in [5, 5.41) is 19.3. The lowest BCUT2D eigenvalue weighted by Crippen LogP contribution is -2.55. The molecule has 2 aliphatic rings. The second kappa shape index (κ2) is 19.7. The topological polar surface area (TPSA) is 229 Å². The fourth-order valence-electron chi connectivity index (χ4n) is 5.99. The average Bonchev–Trinajstić information content (AvgIpc) is 3.78. The fraction of sp³-hybridized carbons (Fsp3) is 0.444. The van der Waals surface area contributed by atoms with Crippen molar-refractivity contribution in [3.05, 3.63) is 76.4 Å². The molecular formula is C36H44N6O10. The van der Waals surface area contributed by atoms with E-state index in [2.05, 4.69) is 16.0 Å². The van der Waals surface area contributed by atoms with Gasteiger partial charge in [-0.15, -0.1) is 0 Å². The van der Waals surface area contributed by atoms with Gasteiger partial charge in [0.2, 0.25) is 17.7 Å². The van der Waals surface area contributed by atoms with Gasteiger partial charge in [0.05, 0.1) is 4.92 Å². The summed E-state index contributed by atoms with van der Waals surface area (Å²) in [4.78, 5) is 86.8. The maximum absolute atomic E-state index is 13.6. The number of anilines is 1. The van der Waals surface area contributed by atoms with Crippen molar-refractivity contribution < 1.29 is 43.2 Å². The third-order valence-electron chi connectivity index (χ3n) is 8.81. The van der Waals surface area contributed by atoms with Crippen LogP contribution in [-0.2, 0) is 35.3 Å². The number of rotatable bonds is 19. The summed E-state index contributed by atoms with van der Waals surface area (Å²) in [6.07, 6.45) is 7.52. The quantitative estimate of drug-likeness (QED) is 0.0409. The van der Waals surface area contributed by atoms with Crippen LogP contribution in [0.25, 0.3) is 0 Å². The Labute approximate surface area is 300 Å². The number of hydrogen-bond acceptors (Lipinski definition) is 11. The van der Waals surface area contributed by atoms with Gasteiger partial charge in [-0.3, -0.25) is 39.0 Å². The minimum Gasteiger partial charge on any atom is -0.429 e. The van der Waals surface area contributed by atoms with Crippen molar-refractivity contribution in [2.75, 3.05) is 18.4 Å². The van der Waals surface area contributed by atoms with Gasteiger partial charge in [0.15, 0.2) is 0 Å². The summed E-state index contributed by atoms with van der Waals surface area (Å²) in [6.45, 7) is 0.455. The molecule has 0 radical (unpaired) electrons. The predicted octanol–water partition coefficient (Wildman–Crippen LogP) is 3.63. The molecule has 1 fully saturated rings. The van der Waals surface area contributed by atoms with Crippen molar-refractivity contribution >= 4 is 47.1 Å². The minimum atomic E-state index is -1.000. The molecule has 52 heavy (non-hydrogen) atoms. The summed E-state index contributed by atoms with van der Waals surface area (Å²) in [6, 6.07) is 9.73. The summed E-state index contributed by atoms with van der Waals surface area (Å²) < 4.78 is 10.1. The zero-order chi connectivity index (χ0) is 37.5. The summed E-state index contributed by atoms with van der Waals surface area (Å²) in [5.74, 6) is -1.84. The van der Waals surface area contributed by atoms with Crippen LogP contribution in [0.4, 0.5) is 16.2 Å². The van der Waals surface area contributed by atoms with Crippen LogP contribution in [0, 0.1) is 16.0 Å². The van der Waals surface area contributed by atoms with E-state index in [0.29, 0.717) is 43.5 Å². The average molecular weight is 721 g/mol. The number of nitro benzene ring substituents is 1. The Balaban J connectivity index is 1.26. The molecule has 1 saturated carbocycles. The molecule has 4 rings (SSSR count). The highest BCUT2D eigenvalue weighted by atomic mass is 16.7. The first-order valence-corrected chi connectivity index (χ1v) is 17.4. The molecule has 5 N–H and O–H groups in total.